The number of carbonyl (C=O) groups excluding carboxylic acids is 2. The van der Waals surface area contributed by atoms with Crippen molar-refractivity contribution in [1.82, 2.24) is 0 Å². The van der Waals surface area contributed by atoms with E-state index >= 15 is 0 Å². The highest BCUT2D eigenvalue weighted by molar-refractivity contribution is 6.46. The van der Waals surface area contributed by atoms with Crippen molar-refractivity contribution in [3.8, 4) is 5.75 Å². The molecule has 1 aliphatic heterocycles. The first-order valence-corrected chi connectivity index (χ1v) is 10.3. The Labute approximate surface area is 185 Å². The molecule has 0 spiro atoms. The topological polar surface area (TPSA) is 58.6 Å². The van der Waals surface area contributed by atoms with Crippen LogP contribution in [0.25, 0.3) is 5.57 Å². The number of nitrogens with zero attached hydrogens (tertiary/aromatic N) is 1. The van der Waals surface area contributed by atoms with E-state index in [2.05, 4.69) is 5.32 Å². The van der Waals surface area contributed by atoms with E-state index in [0.29, 0.717) is 28.6 Å². The van der Waals surface area contributed by atoms with Crippen molar-refractivity contribution in [1.29, 1.82) is 0 Å². The lowest BCUT2D eigenvalue weighted by Crippen LogP contribution is -2.32. The van der Waals surface area contributed by atoms with Gasteiger partial charge in [-0.15, -0.1) is 0 Å². The molecule has 2 amide bonds. The Morgan fingerprint density at radius 3 is 2.29 bits per heavy atom. The van der Waals surface area contributed by atoms with Gasteiger partial charge in [0.05, 0.1) is 17.9 Å². The zero-order valence-corrected chi connectivity index (χ0v) is 17.9. The quantitative estimate of drug-likeness (QED) is 0.526. The van der Waals surface area contributed by atoms with E-state index in [1.807, 2.05) is 38.1 Å². The van der Waals surface area contributed by atoms with Crippen LogP contribution in [0.15, 0.2) is 78.5 Å². The van der Waals surface area contributed by atoms with Crippen molar-refractivity contribution in [2.24, 2.45) is 0 Å². The molecule has 0 aliphatic carbocycles. The molecule has 1 heterocycles. The van der Waals surface area contributed by atoms with Crippen molar-refractivity contribution in [3.63, 3.8) is 0 Å². The van der Waals surface area contributed by atoms with Crippen LogP contribution < -0.4 is 15.0 Å². The number of halogens is 1. The number of benzene rings is 3. The summed E-state index contributed by atoms with van der Waals surface area (Å²) in [5.74, 6) is -0.389. The number of para-hydroxylation sites is 3. The van der Waals surface area contributed by atoms with Gasteiger partial charge in [-0.2, -0.15) is 0 Å². The Morgan fingerprint density at radius 1 is 0.903 bits per heavy atom. The highest BCUT2D eigenvalue weighted by Gasteiger charge is 2.41. The number of aryl methyl sites for hydroxylation is 1. The highest BCUT2D eigenvalue weighted by Crippen LogP contribution is 2.38. The predicted molar refractivity (Wildman–Crippen MR) is 123 cm³/mol. The monoisotopic (exact) mass is 432 g/mol. The van der Waals surface area contributed by atoms with Gasteiger partial charge in [0.15, 0.2) is 0 Å². The lowest BCUT2D eigenvalue weighted by Gasteiger charge is -2.19. The van der Waals surface area contributed by atoms with Crippen LogP contribution in [-0.2, 0) is 9.59 Å². The molecular weight excluding hydrogens is 412 g/mol. The molecule has 0 aromatic heterocycles. The minimum absolute atomic E-state index is 0.216. The van der Waals surface area contributed by atoms with Gasteiger partial charge < -0.3 is 10.1 Å². The van der Waals surface area contributed by atoms with Gasteiger partial charge in [-0.3, -0.25) is 9.59 Å². The van der Waals surface area contributed by atoms with Crippen LogP contribution in [0, 0.1) is 6.92 Å². The molecule has 0 atom stereocenters. The number of hydrogen-bond donors (Lipinski definition) is 1. The molecule has 31 heavy (non-hydrogen) atoms. The number of anilines is 2. The minimum atomic E-state index is -0.439. The Balaban J connectivity index is 1.85. The first-order chi connectivity index (χ1) is 15.0. The maximum absolute atomic E-state index is 13.6. The van der Waals surface area contributed by atoms with Gasteiger partial charge in [0.1, 0.15) is 11.4 Å². The number of nitrogens with one attached hydrogen (secondary N) is 1. The van der Waals surface area contributed by atoms with E-state index < -0.39 is 11.8 Å². The molecule has 0 saturated heterocycles. The first-order valence-electron chi connectivity index (χ1n) is 9.94. The maximum Gasteiger partial charge on any atom is 0.282 e. The molecule has 6 heteroatoms. The summed E-state index contributed by atoms with van der Waals surface area (Å²) in [5.41, 5.74) is 3.23. The smallest absolute Gasteiger partial charge is 0.282 e. The second kappa shape index (κ2) is 8.66. The Bertz CT molecular complexity index is 1190. The van der Waals surface area contributed by atoms with Crippen molar-refractivity contribution in [2.45, 2.75) is 13.8 Å². The second-order valence-electron chi connectivity index (χ2n) is 7.04. The van der Waals surface area contributed by atoms with Gasteiger partial charge in [-0.25, -0.2) is 4.90 Å². The van der Waals surface area contributed by atoms with Crippen molar-refractivity contribution in [3.05, 3.63) is 94.6 Å². The largest absolute Gasteiger partial charge is 0.492 e. The van der Waals surface area contributed by atoms with Crippen molar-refractivity contribution >= 4 is 40.4 Å². The average Bonchev–Trinajstić information content (AvgIpc) is 3.01. The van der Waals surface area contributed by atoms with Crippen LogP contribution >= 0.6 is 11.6 Å². The minimum Gasteiger partial charge on any atom is -0.492 e. The number of amides is 2. The molecule has 0 unspecified atom stereocenters. The van der Waals surface area contributed by atoms with E-state index in [0.717, 1.165) is 16.2 Å². The molecule has 5 nitrogen and oxygen atoms in total. The lowest BCUT2D eigenvalue weighted by molar-refractivity contribution is -0.120. The van der Waals surface area contributed by atoms with Gasteiger partial charge in [0.2, 0.25) is 0 Å². The summed E-state index contributed by atoms with van der Waals surface area (Å²) >= 11 is 6.04. The summed E-state index contributed by atoms with van der Waals surface area (Å²) in [4.78, 5) is 28.3. The molecule has 0 saturated carbocycles. The third-order valence-corrected chi connectivity index (χ3v) is 5.28. The molecule has 0 fully saturated rings. The molecule has 0 bridgehead atoms. The van der Waals surface area contributed by atoms with Crippen molar-refractivity contribution in [2.75, 3.05) is 16.8 Å². The molecule has 3 aromatic rings. The summed E-state index contributed by atoms with van der Waals surface area (Å²) in [5, 5.41) is 3.75. The SMILES string of the molecule is CCOc1ccccc1N1C(=O)C(Nc2ccccc2C)=C(c2ccc(Cl)cc2)C1=O. The van der Waals surface area contributed by atoms with Gasteiger partial charge in [0, 0.05) is 10.7 Å². The summed E-state index contributed by atoms with van der Waals surface area (Å²) in [6, 6.07) is 21.5. The lowest BCUT2D eigenvalue weighted by atomic mass is 10.0. The van der Waals surface area contributed by atoms with Crippen LogP contribution in [0.5, 0.6) is 5.75 Å². The normalized spacial score (nSPS) is 13.7. The van der Waals surface area contributed by atoms with Crippen LogP contribution in [0.1, 0.15) is 18.1 Å². The number of ether oxygens (including phenoxy) is 1. The van der Waals surface area contributed by atoms with Gasteiger partial charge in [-0.1, -0.05) is 54.1 Å². The predicted octanol–water partition coefficient (Wildman–Crippen LogP) is 5.44. The van der Waals surface area contributed by atoms with Gasteiger partial charge in [0.25, 0.3) is 11.8 Å². The van der Waals surface area contributed by atoms with Crippen LogP contribution in [0.4, 0.5) is 11.4 Å². The number of imide groups is 1. The third-order valence-electron chi connectivity index (χ3n) is 5.03. The first kappa shape index (κ1) is 20.7. The molecule has 1 N–H and O–H groups in total. The summed E-state index contributed by atoms with van der Waals surface area (Å²) < 4.78 is 5.67. The maximum atomic E-state index is 13.6. The van der Waals surface area contributed by atoms with E-state index in [-0.39, 0.29) is 11.3 Å². The van der Waals surface area contributed by atoms with Gasteiger partial charge >= 0.3 is 0 Å². The second-order valence-corrected chi connectivity index (χ2v) is 7.48. The summed E-state index contributed by atoms with van der Waals surface area (Å²) in [7, 11) is 0. The molecule has 4 rings (SSSR count). The zero-order valence-electron chi connectivity index (χ0n) is 17.2. The summed E-state index contributed by atoms with van der Waals surface area (Å²) in [6.45, 7) is 4.21. The van der Waals surface area contributed by atoms with E-state index in [4.69, 9.17) is 16.3 Å². The highest BCUT2D eigenvalue weighted by atomic mass is 35.5. The molecule has 1 aliphatic rings. The standard InChI is InChI=1S/C25H21ClN2O3/c1-3-31-21-11-7-6-10-20(21)28-24(29)22(17-12-14-18(26)15-13-17)23(25(28)30)27-19-9-5-4-8-16(19)2/h4-15,27H,3H2,1-2H3. The summed E-state index contributed by atoms with van der Waals surface area (Å²) in [6.07, 6.45) is 0. The Morgan fingerprint density at radius 2 is 1.58 bits per heavy atom. The fourth-order valence-corrected chi connectivity index (χ4v) is 3.64. The third kappa shape index (κ3) is 3.92. The van der Waals surface area contributed by atoms with Crippen LogP contribution in [0.2, 0.25) is 5.02 Å². The number of carbonyl (C=O) groups is 2. The average molecular weight is 433 g/mol. The Hall–Kier alpha value is -3.57. The molecular formula is C25H21ClN2O3. The molecule has 156 valence electrons. The molecule has 3 aromatic carbocycles. The van der Waals surface area contributed by atoms with Gasteiger partial charge in [-0.05, 0) is 55.3 Å². The fraction of sp³-hybridized carbons (Fsp3) is 0.120. The zero-order chi connectivity index (χ0) is 22.0. The van der Waals surface area contributed by atoms with E-state index in [1.165, 1.54) is 0 Å². The fourth-order valence-electron chi connectivity index (χ4n) is 3.52. The Kier molecular flexibility index (Phi) is 5.78. The van der Waals surface area contributed by atoms with E-state index in [1.54, 1.807) is 48.5 Å². The molecule has 0 radical (unpaired) electrons. The van der Waals surface area contributed by atoms with Crippen molar-refractivity contribution < 1.29 is 14.3 Å². The number of hydrogen-bond acceptors (Lipinski definition) is 4. The number of rotatable bonds is 6. The van der Waals surface area contributed by atoms with E-state index in [9.17, 15) is 9.59 Å². The van der Waals surface area contributed by atoms with Crippen LogP contribution in [0.3, 0.4) is 0 Å². The van der Waals surface area contributed by atoms with Crippen LogP contribution in [-0.4, -0.2) is 18.4 Å².